The molecule has 0 aliphatic carbocycles. The Morgan fingerprint density at radius 3 is 2.62 bits per heavy atom. The number of benzene rings is 3. The third-order valence-corrected chi connectivity index (χ3v) is 5.74. The molecule has 1 aliphatic rings. The summed E-state index contributed by atoms with van der Waals surface area (Å²) in [6.45, 7) is 0.756. The zero-order valence-electron chi connectivity index (χ0n) is 17.6. The molecule has 2 aromatic heterocycles. The zero-order valence-corrected chi connectivity index (χ0v) is 17.6. The molecule has 156 valence electrons. The normalized spacial score (nSPS) is 13.7. The summed E-state index contributed by atoms with van der Waals surface area (Å²) < 4.78 is 11.9. The number of nitrogens with zero attached hydrogens (tertiary/aromatic N) is 3. The second-order valence-electron chi connectivity index (χ2n) is 7.90. The van der Waals surface area contributed by atoms with Gasteiger partial charge in [-0.3, -0.25) is 0 Å². The van der Waals surface area contributed by atoms with E-state index in [9.17, 15) is 0 Å². The lowest BCUT2D eigenvalue weighted by Crippen LogP contribution is -2.22. The Bertz CT molecular complexity index is 1460. The van der Waals surface area contributed by atoms with Gasteiger partial charge >= 0.3 is 0 Å². The minimum absolute atomic E-state index is 0.583. The molecule has 0 unspecified atom stereocenters. The molecule has 32 heavy (non-hydrogen) atoms. The van der Waals surface area contributed by atoms with Gasteiger partial charge in [0.15, 0.2) is 0 Å². The molecule has 0 N–H and O–H groups in total. The van der Waals surface area contributed by atoms with Crippen LogP contribution in [0.25, 0.3) is 27.6 Å². The van der Waals surface area contributed by atoms with Crippen molar-refractivity contribution >= 4 is 33.3 Å². The molecule has 0 amide bonds. The van der Waals surface area contributed by atoms with Gasteiger partial charge in [-0.1, -0.05) is 30.3 Å². The van der Waals surface area contributed by atoms with Crippen LogP contribution in [-0.2, 0) is 0 Å². The number of para-hydroxylation sites is 1. The summed E-state index contributed by atoms with van der Waals surface area (Å²) in [5.41, 5.74) is 5.21. The number of aromatic nitrogens is 1. The summed E-state index contributed by atoms with van der Waals surface area (Å²) in [4.78, 5) is 8.71. The van der Waals surface area contributed by atoms with Crippen LogP contribution < -0.4 is 9.64 Å². The summed E-state index contributed by atoms with van der Waals surface area (Å²) in [6.07, 6.45) is 3.91. The fourth-order valence-corrected chi connectivity index (χ4v) is 4.18. The summed E-state index contributed by atoms with van der Waals surface area (Å²) in [5.74, 6) is 1.34. The maximum atomic E-state index is 5.99. The highest BCUT2D eigenvalue weighted by Crippen LogP contribution is 2.35. The van der Waals surface area contributed by atoms with Gasteiger partial charge in [-0.2, -0.15) is 0 Å². The van der Waals surface area contributed by atoms with Crippen molar-refractivity contribution in [3.05, 3.63) is 103 Å². The van der Waals surface area contributed by atoms with E-state index in [1.54, 1.807) is 6.20 Å². The lowest BCUT2D eigenvalue weighted by molar-refractivity contribution is 0.462. The predicted molar refractivity (Wildman–Crippen MR) is 128 cm³/mol. The summed E-state index contributed by atoms with van der Waals surface area (Å²) in [6, 6.07) is 28.3. The van der Waals surface area contributed by atoms with E-state index in [-0.39, 0.29) is 0 Å². The van der Waals surface area contributed by atoms with E-state index in [0.29, 0.717) is 5.88 Å². The average Bonchev–Trinajstić information content (AvgIpc) is 3.40. The van der Waals surface area contributed by atoms with E-state index in [1.165, 1.54) is 0 Å². The molecule has 0 radical (unpaired) electrons. The van der Waals surface area contributed by atoms with Crippen LogP contribution in [0.3, 0.4) is 0 Å². The van der Waals surface area contributed by atoms with Crippen LogP contribution in [0.2, 0.25) is 0 Å². The van der Waals surface area contributed by atoms with E-state index >= 15 is 0 Å². The maximum absolute atomic E-state index is 5.99. The van der Waals surface area contributed by atoms with Crippen molar-refractivity contribution < 1.29 is 9.15 Å². The minimum atomic E-state index is 0.583. The van der Waals surface area contributed by atoms with Gasteiger partial charge < -0.3 is 19.0 Å². The lowest BCUT2D eigenvalue weighted by atomic mass is 10.1. The maximum Gasteiger partial charge on any atom is 0.219 e. The highest BCUT2D eigenvalue weighted by atomic mass is 16.5. The SMILES string of the molecule is CN1CN(c2cccc(Oc3ccccn3)c2)C=C1c1ccc2oc3ccccc3c2c1. The van der Waals surface area contributed by atoms with Crippen molar-refractivity contribution in [3.63, 3.8) is 0 Å². The zero-order chi connectivity index (χ0) is 21.5. The van der Waals surface area contributed by atoms with Crippen molar-refractivity contribution in [2.75, 3.05) is 18.6 Å². The Morgan fingerprint density at radius 2 is 1.72 bits per heavy atom. The van der Waals surface area contributed by atoms with Gasteiger partial charge in [-0.05, 0) is 42.5 Å². The quantitative estimate of drug-likeness (QED) is 0.333. The van der Waals surface area contributed by atoms with Crippen LogP contribution in [0.15, 0.2) is 102 Å². The Morgan fingerprint density at radius 1 is 0.844 bits per heavy atom. The second kappa shape index (κ2) is 7.46. The monoisotopic (exact) mass is 419 g/mol. The van der Waals surface area contributed by atoms with E-state index in [0.717, 1.165) is 51.3 Å². The molecule has 0 atom stereocenters. The third kappa shape index (κ3) is 3.24. The molecule has 0 fully saturated rings. The highest BCUT2D eigenvalue weighted by Gasteiger charge is 2.21. The van der Waals surface area contributed by atoms with Gasteiger partial charge in [0.25, 0.3) is 0 Å². The molecule has 5 nitrogen and oxygen atoms in total. The standard InChI is InChI=1S/C27H21N3O2/c1-29-18-30(20-7-6-8-21(16-20)31-27-11-4-5-14-28-27)17-24(29)19-12-13-26-23(15-19)22-9-2-3-10-25(22)32-26/h2-17H,18H2,1H3. The number of fused-ring (bicyclic) bond motifs is 3. The Labute approximate surface area is 185 Å². The second-order valence-corrected chi connectivity index (χ2v) is 7.90. The van der Waals surface area contributed by atoms with Crippen LogP contribution >= 0.6 is 0 Å². The molecule has 1 aliphatic heterocycles. The first-order valence-electron chi connectivity index (χ1n) is 10.5. The Hall–Kier alpha value is -4.25. The Kier molecular flexibility index (Phi) is 4.32. The van der Waals surface area contributed by atoms with Gasteiger partial charge in [0, 0.05) is 53.6 Å². The van der Waals surface area contributed by atoms with E-state index in [1.807, 2.05) is 54.6 Å². The molecule has 0 spiro atoms. The van der Waals surface area contributed by atoms with Crippen LogP contribution in [-0.4, -0.2) is 23.6 Å². The van der Waals surface area contributed by atoms with Crippen LogP contribution in [0.4, 0.5) is 5.69 Å². The average molecular weight is 419 g/mol. The summed E-state index contributed by atoms with van der Waals surface area (Å²) in [7, 11) is 2.11. The van der Waals surface area contributed by atoms with Crippen LogP contribution in [0.5, 0.6) is 11.6 Å². The fourth-order valence-electron chi connectivity index (χ4n) is 4.18. The first-order chi connectivity index (χ1) is 15.7. The lowest BCUT2D eigenvalue weighted by Gasteiger charge is -2.20. The Balaban J connectivity index is 1.33. The number of rotatable bonds is 4. The number of ether oxygens (including phenoxy) is 1. The molecule has 3 heterocycles. The predicted octanol–water partition coefficient (Wildman–Crippen LogP) is 6.48. The summed E-state index contributed by atoms with van der Waals surface area (Å²) in [5, 5.41) is 2.28. The van der Waals surface area contributed by atoms with E-state index < -0.39 is 0 Å². The summed E-state index contributed by atoms with van der Waals surface area (Å²) >= 11 is 0. The first-order valence-corrected chi connectivity index (χ1v) is 10.5. The van der Waals surface area contributed by atoms with Gasteiger partial charge in [0.2, 0.25) is 5.88 Å². The van der Waals surface area contributed by atoms with Crippen molar-refractivity contribution in [1.29, 1.82) is 0 Å². The van der Waals surface area contributed by atoms with Gasteiger partial charge in [-0.25, -0.2) is 4.98 Å². The van der Waals surface area contributed by atoms with E-state index in [4.69, 9.17) is 9.15 Å². The van der Waals surface area contributed by atoms with E-state index in [2.05, 4.69) is 58.4 Å². The number of furan rings is 1. The smallest absolute Gasteiger partial charge is 0.219 e. The number of hydrogen-bond donors (Lipinski definition) is 0. The fraction of sp³-hybridized carbons (Fsp3) is 0.0741. The molecule has 5 aromatic rings. The molecular weight excluding hydrogens is 398 g/mol. The number of hydrogen-bond acceptors (Lipinski definition) is 5. The molecule has 0 saturated carbocycles. The number of pyridine rings is 1. The van der Waals surface area contributed by atoms with Crippen molar-refractivity contribution in [2.45, 2.75) is 0 Å². The molecule has 3 aromatic carbocycles. The minimum Gasteiger partial charge on any atom is -0.456 e. The molecule has 0 bridgehead atoms. The van der Waals surface area contributed by atoms with Crippen molar-refractivity contribution in [1.82, 2.24) is 9.88 Å². The third-order valence-electron chi connectivity index (χ3n) is 5.74. The van der Waals surface area contributed by atoms with Gasteiger partial charge in [0.1, 0.15) is 16.9 Å². The van der Waals surface area contributed by atoms with Gasteiger partial charge in [-0.15, -0.1) is 0 Å². The van der Waals surface area contributed by atoms with Crippen molar-refractivity contribution in [2.24, 2.45) is 0 Å². The van der Waals surface area contributed by atoms with Crippen molar-refractivity contribution in [3.8, 4) is 11.6 Å². The number of anilines is 1. The topological polar surface area (TPSA) is 41.7 Å². The van der Waals surface area contributed by atoms with Crippen LogP contribution in [0, 0.1) is 0 Å². The molecule has 0 saturated heterocycles. The largest absolute Gasteiger partial charge is 0.456 e. The molecule has 6 rings (SSSR count). The molecule has 5 heteroatoms. The van der Waals surface area contributed by atoms with Gasteiger partial charge in [0.05, 0.1) is 12.4 Å². The first kappa shape index (κ1) is 18.5. The van der Waals surface area contributed by atoms with Crippen LogP contribution in [0.1, 0.15) is 5.56 Å². The highest BCUT2D eigenvalue weighted by molar-refractivity contribution is 6.05. The molecular formula is C27H21N3O2.